The second kappa shape index (κ2) is 10.0. The van der Waals surface area contributed by atoms with Gasteiger partial charge in [0.25, 0.3) is 5.03 Å². The van der Waals surface area contributed by atoms with E-state index in [9.17, 15) is 8.42 Å². The average Bonchev–Trinajstić information content (AvgIpc) is 3.48. The number of rotatable bonds is 7. The molecule has 0 bridgehead atoms. The Bertz CT molecular complexity index is 1710. The van der Waals surface area contributed by atoms with E-state index in [-0.39, 0.29) is 11.1 Å². The van der Waals surface area contributed by atoms with Gasteiger partial charge in [-0.15, -0.1) is 3.25 Å². The highest BCUT2D eigenvalue weighted by atomic mass is 127. The van der Waals surface area contributed by atoms with Gasteiger partial charge in [0.15, 0.2) is 0 Å². The van der Waals surface area contributed by atoms with Crippen LogP contribution in [-0.4, -0.2) is 47.3 Å². The first-order valence-corrected chi connectivity index (χ1v) is 15.5. The number of fused-ring (bicyclic) bond motifs is 1. The van der Waals surface area contributed by atoms with Gasteiger partial charge in [0, 0.05) is 55.2 Å². The third-order valence-electron chi connectivity index (χ3n) is 6.22. The third kappa shape index (κ3) is 5.00. The Labute approximate surface area is 231 Å². The van der Waals surface area contributed by atoms with E-state index in [1.165, 1.54) is 11.7 Å². The van der Waals surface area contributed by atoms with E-state index in [1.54, 1.807) is 13.2 Å². The van der Waals surface area contributed by atoms with Crippen molar-refractivity contribution in [3.63, 3.8) is 0 Å². The summed E-state index contributed by atoms with van der Waals surface area (Å²) >= 11 is -0.425. The zero-order valence-corrected chi connectivity index (χ0v) is 24.6. The molecule has 0 amide bonds. The van der Waals surface area contributed by atoms with Crippen molar-refractivity contribution in [3.8, 4) is 11.1 Å². The Kier molecular flexibility index (Phi) is 6.92. The van der Waals surface area contributed by atoms with Gasteiger partial charge in [-0.3, -0.25) is 14.7 Å². The fourth-order valence-electron chi connectivity index (χ4n) is 4.37. The summed E-state index contributed by atoms with van der Waals surface area (Å²) < 4.78 is 33.4. The number of aromatic nitrogens is 4. The summed E-state index contributed by atoms with van der Waals surface area (Å²) in [5.41, 5.74) is 12.2. The molecular formula is C25H29IN9O2S+. The fraction of sp³-hybridized carbons (Fsp3) is 0.240. The van der Waals surface area contributed by atoms with Crippen LogP contribution in [0.15, 0.2) is 57.2 Å². The van der Waals surface area contributed by atoms with E-state index in [4.69, 9.17) is 10.7 Å². The number of aryl methyl sites for hydroxylation is 2. The number of sulfonamides is 1. The Hall–Kier alpha value is -3.43. The second-order valence-corrected chi connectivity index (χ2v) is 13.2. The zero-order chi connectivity index (χ0) is 27.2. The van der Waals surface area contributed by atoms with Crippen molar-refractivity contribution in [2.24, 2.45) is 10.3 Å². The summed E-state index contributed by atoms with van der Waals surface area (Å²) in [5.74, 6) is 0.422. The minimum atomic E-state index is -3.61. The maximum atomic E-state index is 12.6. The van der Waals surface area contributed by atoms with Crippen molar-refractivity contribution in [1.82, 2.24) is 24.8 Å². The highest BCUT2D eigenvalue weighted by Crippen LogP contribution is 2.36. The van der Waals surface area contributed by atoms with Crippen molar-refractivity contribution in [2.75, 3.05) is 25.1 Å². The fourth-order valence-corrected chi connectivity index (χ4v) is 7.04. The molecule has 1 atom stereocenters. The minimum Gasteiger partial charge on any atom is -0.383 e. The van der Waals surface area contributed by atoms with Crippen LogP contribution < -0.4 is 15.8 Å². The number of quaternary nitrogens is 1. The Morgan fingerprint density at radius 1 is 1.18 bits per heavy atom. The molecule has 11 nitrogen and oxygen atoms in total. The van der Waals surface area contributed by atoms with E-state index >= 15 is 0 Å². The van der Waals surface area contributed by atoms with Gasteiger partial charge in [-0.2, -0.15) is 13.5 Å². The van der Waals surface area contributed by atoms with E-state index in [0.29, 0.717) is 11.5 Å². The van der Waals surface area contributed by atoms with Gasteiger partial charge >= 0.3 is 10.0 Å². The molecular weight excluding hydrogens is 617 g/mol. The number of pyridine rings is 2. The number of nitrogens with two attached hydrogens (primary N) is 2. The average molecular weight is 647 g/mol. The lowest BCUT2D eigenvalue weighted by atomic mass is 9.96. The maximum Gasteiger partial charge on any atom is 0.345 e. The van der Waals surface area contributed by atoms with Crippen molar-refractivity contribution in [3.05, 3.63) is 65.7 Å². The number of hydrogen-bond donors (Lipinski definition) is 3. The van der Waals surface area contributed by atoms with Crippen LogP contribution in [0.25, 0.3) is 25.6 Å². The zero-order valence-electron chi connectivity index (χ0n) is 21.6. The number of benzene rings is 1. The topological polar surface area (TPSA) is 148 Å². The summed E-state index contributed by atoms with van der Waals surface area (Å²) in [6.45, 7) is 3.99. The molecule has 1 aliphatic heterocycles. The molecule has 38 heavy (non-hydrogen) atoms. The number of halogens is 1. The van der Waals surface area contributed by atoms with Gasteiger partial charge in [0.2, 0.25) is 0 Å². The third-order valence-corrected chi connectivity index (χ3v) is 9.93. The SMILES string of the molecule is C[NH2+]S(=O)(=O)c1nn(C)cc1N[C@H](C)c1cc(C)cc2nc(N)c(-c3ccc(C4=CN(C)N=I4)nc3)cc12. The smallest absolute Gasteiger partial charge is 0.345 e. The summed E-state index contributed by atoms with van der Waals surface area (Å²) in [6, 6.07) is 9.87. The van der Waals surface area contributed by atoms with Crippen molar-refractivity contribution in [1.29, 1.82) is 0 Å². The van der Waals surface area contributed by atoms with Gasteiger partial charge in [-0.1, -0.05) is 12.1 Å². The molecule has 4 heterocycles. The summed E-state index contributed by atoms with van der Waals surface area (Å²) in [4.78, 5) is 9.40. The molecule has 4 aromatic rings. The van der Waals surface area contributed by atoms with Crippen LogP contribution in [0.5, 0.6) is 0 Å². The van der Waals surface area contributed by atoms with Crippen LogP contribution in [0.4, 0.5) is 11.5 Å². The molecule has 5 N–H and O–H groups in total. The lowest BCUT2D eigenvalue weighted by molar-refractivity contribution is -0.461. The Balaban J connectivity index is 1.55. The highest BCUT2D eigenvalue weighted by molar-refractivity contribution is 14.2. The monoisotopic (exact) mass is 646 g/mol. The first kappa shape index (κ1) is 26.2. The molecule has 3 aromatic heterocycles. The Morgan fingerprint density at radius 2 is 1.97 bits per heavy atom. The normalized spacial score (nSPS) is 14.4. The molecule has 1 aliphatic rings. The van der Waals surface area contributed by atoms with Crippen molar-refractivity contribution < 1.29 is 13.1 Å². The molecule has 0 saturated heterocycles. The number of nitrogens with zero attached hydrogens (tertiary/aromatic N) is 6. The molecule has 5 rings (SSSR count). The number of nitrogen functional groups attached to an aromatic ring is 1. The number of primary sulfonamides is 1. The summed E-state index contributed by atoms with van der Waals surface area (Å²) in [7, 11) is 1.50. The molecule has 0 radical (unpaired) electrons. The van der Waals surface area contributed by atoms with E-state index in [0.717, 1.165) is 47.2 Å². The van der Waals surface area contributed by atoms with Crippen LogP contribution >= 0.6 is 21.0 Å². The van der Waals surface area contributed by atoms with Crippen LogP contribution in [0, 0.1) is 6.92 Å². The summed E-state index contributed by atoms with van der Waals surface area (Å²) in [5, 5.41) is 10.3. The standard InChI is InChI=1S/C25H28IN9O2S/c1-14-8-17(15(2)30-23-13-34(4)32-25(23)38(36,37)28-3)19-10-18(24(27)31-22(19)9-14)16-6-7-21(29-11-16)20-12-35(5)33-26-20/h6-13,15,28,30H,1-5H3,(H2,27,31)/p+1/t15-/m1/s1. The van der Waals surface area contributed by atoms with E-state index in [1.807, 2.05) is 62.6 Å². The van der Waals surface area contributed by atoms with Crippen LogP contribution in [0.3, 0.4) is 0 Å². The predicted molar refractivity (Wildman–Crippen MR) is 157 cm³/mol. The predicted octanol–water partition coefficient (Wildman–Crippen LogP) is 3.29. The molecule has 198 valence electrons. The molecule has 1 aromatic carbocycles. The molecule has 0 unspecified atom stereocenters. The molecule has 0 saturated carbocycles. The quantitative estimate of drug-likeness (QED) is 0.259. The van der Waals surface area contributed by atoms with Gasteiger partial charge < -0.3 is 11.1 Å². The van der Waals surface area contributed by atoms with Gasteiger partial charge in [-0.05, 0) is 43.2 Å². The van der Waals surface area contributed by atoms with Gasteiger partial charge in [-0.25, -0.2) is 9.71 Å². The van der Waals surface area contributed by atoms with Crippen LogP contribution in [-0.2, 0) is 17.1 Å². The molecule has 0 aliphatic carbocycles. The first-order chi connectivity index (χ1) is 18.1. The number of anilines is 2. The Morgan fingerprint density at radius 3 is 2.63 bits per heavy atom. The van der Waals surface area contributed by atoms with Gasteiger partial charge in [0.05, 0.1) is 48.6 Å². The first-order valence-electron chi connectivity index (χ1n) is 11.9. The van der Waals surface area contributed by atoms with Crippen molar-refractivity contribution in [2.45, 2.75) is 24.9 Å². The van der Waals surface area contributed by atoms with E-state index < -0.39 is 31.1 Å². The minimum absolute atomic E-state index is 0.000623. The number of nitrogens with one attached hydrogen (secondary N) is 1. The maximum absolute atomic E-state index is 12.6. The summed E-state index contributed by atoms with van der Waals surface area (Å²) in [6.07, 6.45) is 5.51. The molecule has 0 fully saturated rings. The van der Waals surface area contributed by atoms with Crippen molar-refractivity contribution >= 4 is 57.0 Å². The second-order valence-electron chi connectivity index (χ2n) is 9.15. The lowest BCUT2D eigenvalue weighted by Gasteiger charge is -2.19. The largest absolute Gasteiger partial charge is 0.383 e. The highest BCUT2D eigenvalue weighted by Gasteiger charge is 2.26. The lowest BCUT2D eigenvalue weighted by Crippen LogP contribution is -2.83. The number of hydrogen-bond acceptors (Lipinski definition) is 9. The molecule has 0 spiro atoms. The van der Waals surface area contributed by atoms with Gasteiger partial charge in [0.1, 0.15) is 5.82 Å². The van der Waals surface area contributed by atoms with Crippen LogP contribution in [0.2, 0.25) is 0 Å². The van der Waals surface area contributed by atoms with E-state index in [2.05, 4.69) is 24.7 Å². The van der Waals surface area contributed by atoms with Crippen LogP contribution in [0.1, 0.15) is 29.8 Å². The molecule has 13 heteroatoms.